The molecule has 5 N–H and O–H groups in total. The minimum atomic E-state index is -0.826. The average molecular weight is 1120 g/mol. The minimum Gasteiger partial charge on any atom is -0.508 e. The molecule has 0 unspecified atom stereocenters. The Hall–Kier alpha value is -9.60. The van der Waals surface area contributed by atoms with E-state index in [-0.39, 0.29) is 81.5 Å². The molecule has 4 aliphatic heterocycles. The van der Waals surface area contributed by atoms with Crippen molar-refractivity contribution in [1.29, 1.82) is 0 Å². The molecule has 0 radical (unpaired) electrons. The van der Waals surface area contributed by atoms with E-state index in [4.69, 9.17) is 0 Å². The lowest BCUT2D eigenvalue weighted by Crippen LogP contribution is -2.76. The standard InChI is InChI=1S/C31H33N7O3.C30H31N7O4.CH4/c1-21-8-10-22(11-9-21)15-27-30(40)36(18-24-12-13-25-17-33-34-26(25)14-24)19-28-37(27)29(39)20-35(2)38(28)31(41)32-16-23-6-4-3-5-7-23;1-34-19-28(39)36-26(14-20-10-12-23(38)13-11-20)29(40)35(17-22-8-5-9-25-24(22)16-32-33-25)18-27(36)37(34)30(41)31-15-21-6-3-2-4-7-21;/h3-14,17,27-28H,15-16,18-20H2,1-2H3,(H,32,41)(H,33,34);2-13,16,26-27,38H,14-15,17-19H2,1H3,(H,31,41)(H,32,33);1H4/t27-,28-;26-,27-;/m00./s1. The van der Waals surface area contributed by atoms with E-state index in [1.807, 2.05) is 128 Å². The van der Waals surface area contributed by atoms with Gasteiger partial charge in [-0.15, -0.1) is 0 Å². The van der Waals surface area contributed by atoms with Gasteiger partial charge in [-0.05, 0) is 64.6 Å². The van der Waals surface area contributed by atoms with E-state index in [1.165, 1.54) is 0 Å². The molecule has 0 aliphatic carbocycles. The number of piperazine rings is 2. The largest absolute Gasteiger partial charge is 0.508 e. The van der Waals surface area contributed by atoms with Gasteiger partial charge in [0.05, 0.1) is 49.6 Å². The molecule has 6 aromatic carbocycles. The van der Waals surface area contributed by atoms with Crippen LogP contribution in [0.15, 0.2) is 158 Å². The fourth-order valence-electron chi connectivity index (χ4n) is 11.5. The summed E-state index contributed by atoms with van der Waals surface area (Å²) in [4.78, 5) is 89.1. The van der Waals surface area contributed by atoms with Crippen LogP contribution < -0.4 is 10.6 Å². The highest BCUT2D eigenvalue weighted by Gasteiger charge is 2.52. The molecule has 12 rings (SSSR count). The maximum absolute atomic E-state index is 14.1. The number of likely N-dealkylation sites (N-methyl/N-ethyl adjacent to an activating group) is 2. The third-order valence-corrected chi connectivity index (χ3v) is 15.6. The number of H-pyrrole nitrogens is 2. The van der Waals surface area contributed by atoms with Gasteiger partial charge in [0.15, 0.2) is 0 Å². The number of carbonyl (C=O) groups is 6. The topological polar surface area (TPSA) is 230 Å². The molecule has 83 heavy (non-hydrogen) atoms. The zero-order valence-corrected chi connectivity index (χ0v) is 45.8. The van der Waals surface area contributed by atoms with Crippen LogP contribution >= 0.6 is 0 Å². The number of nitrogens with zero attached hydrogens (tertiary/aromatic N) is 10. The van der Waals surface area contributed by atoms with Crippen LogP contribution in [-0.2, 0) is 58.2 Å². The number of fused-ring (bicyclic) bond motifs is 4. The fourth-order valence-corrected chi connectivity index (χ4v) is 11.5. The van der Waals surface area contributed by atoms with Crippen LogP contribution in [0.25, 0.3) is 21.8 Å². The van der Waals surface area contributed by atoms with E-state index in [2.05, 4.69) is 31.0 Å². The van der Waals surface area contributed by atoms with Gasteiger partial charge in [0.25, 0.3) is 0 Å². The number of urea groups is 2. The van der Waals surface area contributed by atoms with E-state index in [0.717, 1.165) is 60.8 Å². The van der Waals surface area contributed by atoms with Gasteiger partial charge < -0.3 is 35.3 Å². The van der Waals surface area contributed by atoms with Crippen LogP contribution in [0.4, 0.5) is 9.59 Å². The van der Waals surface area contributed by atoms with Gasteiger partial charge in [-0.1, -0.05) is 134 Å². The van der Waals surface area contributed by atoms with Crippen molar-refractivity contribution < 1.29 is 33.9 Å². The van der Waals surface area contributed by atoms with Gasteiger partial charge in [-0.3, -0.25) is 29.4 Å². The second-order valence-electron chi connectivity index (χ2n) is 21.2. The predicted molar refractivity (Wildman–Crippen MR) is 312 cm³/mol. The Morgan fingerprint density at radius 3 is 1.61 bits per heavy atom. The first-order valence-corrected chi connectivity index (χ1v) is 27.3. The second-order valence-corrected chi connectivity index (χ2v) is 21.2. The highest BCUT2D eigenvalue weighted by molar-refractivity contribution is 5.93. The highest BCUT2D eigenvalue weighted by Crippen LogP contribution is 2.32. The van der Waals surface area contributed by atoms with Crippen molar-refractivity contribution in [2.45, 2.75) is 77.8 Å². The molecule has 21 nitrogen and oxygen atoms in total. The number of rotatable bonds is 12. The Labute approximate surface area is 481 Å². The van der Waals surface area contributed by atoms with E-state index in [0.29, 0.717) is 32.6 Å². The number of hydrogen-bond donors (Lipinski definition) is 5. The van der Waals surface area contributed by atoms with Crippen molar-refractivity contribution in [2.75, 3.05) is 40.3 Å². The Balaban J connectivity index is 0.000000183. The lowest BCUT2D eigenvalue weighted by Gasteiger charge is -2.54. The molecule has 21 heteroatoms. The number of benzene rings is 6. The van der Waals surface area contributed by atoms with E-state index >= 15 is 0 Å². The van der Waals surface area contributed by atoms with Crippen molar-refractivity contribution in [1.82, 2.24) is 70.7 Å². The Morgan fingerprint density at radius 1 is 0.566 bits per heavy atom. The van der Waals surface area contributed by atoms with Crippen molar-refractivity contribution in [3.8, 4) is 5.75 Å². The summed E-state index contributed by atoms with van der Waals surface area (Å²) in [6.45, 7) is 3.64. The summed E-state index contributed by atoms with van der Waals surface area (Å²) in [6.07, 6.45) is 2.75. The van der Waals surface area contributed by atoms with Crippen LogP contribution in [-0.4, -0.2) is 166 Å². The molecule has 0 bridgehead atoms. The summed E-state index contributed by atoms with van der Waals surface area (Å²) in [7, 11) is 3.44. The first kappa shape index (κ1) is 56.7. The number of hydrazine groups is 2. The fraction of sp³-hybridized carbons (Fsp3) is 0.290. The Morgan fingerprint density at radius 2 is 1.06 bits per heavy atom. The number of aromatic amines is 2. The molecule has 0 spiro atoms. The number of nitrogens with one attached hydrogen (secondary N) is 4. The molecule has 4 aliphatic rings. The highest BCUT2D eigenvalue weighted by atomic mass is 16.3. The molecule has 4 atom stereocenters. The number of hydrogen-bond acceptors (Lipinski definition) is 11. The number of aryl methyl sites for hydroxylation is 1. The van der Waals surface area contributed by atoms with Crippen LogP contribution in [0.5, 0.6) is 5.75 Å². The van der Waals surface area contributed by atoms with Gasteiger partial charge in [-0.2, -0.15) is 10.2 Å². The number of aromatic nitrogens is 4. The molecule has 2 aromatic heterocycles. The van der Waals surface area contributed by atoms with E-state index in [9.17, 15) is 33.9 Å². The van der Waals surface area contributed by atoms with Crippen molar-refractivity contribution in [3.05, 3.63) is 197 Å². The van der Waals surface area contributed by atoms with E-state index in [1.54, 1.807) is 90.4 Å². The van der Waals surface area contributed by atoms with Gasteiger partial charge in [0.2, 0.25) is 23.6 Å². The van der Waals surface area contributed by atoms with Crippen molar-refractivity contribution in [3.63, 3.8) is 0 Å². The summed E-state index contributed by atoms with van der Waals surface area (Å²) in [6, 6.07) is 43.4. The number of aromatic hydroxyl groups is 1. The smallest absolute Gasteiger partial charge is 0.334 e. The Bertz CT molecular complexity index is 3620. The molecular weight excluding hydrogens is 1050 g/mol. The number of carbonyl (C=O) groups excluding carboxylic acids is 6. The quantitative estimate of drug-likeness (QED) is 0.0934. The van der Waals surface area contributed by atoms with Crippen molar-refractivity contribution in [2.24, 2.45) is 0 Å². The van der Waals surface area contributed by atoms with Gasteiger partial charge >= 0.3 is 12.1 Å². The summed E-state index contributed by atoms with van der Waals surface area (Å²) in [5, 5.41) is 38.3. The van der Waals surface area contributed by atoms with Gasteiger partial charge in [-0.25, -0.2) is 29.6 Å². The second kappa shape index (κ2) is 24.6. The van der Waals surface area contributed by atoms with Crippen molar-refractivity contribution >= 4 is 57.5 Å². The van der Waals surface area contributed by atoms with Crippen LogP contribution in [0, 0.1) is 6.92 Å². The normalized spacial score (nSPS) is 19.3. The molecule has 4 fully saturated rings. The van der Waals surface area contributed by atoms with Gasteiger partial charge in [0.1, 0.15) is 30.2 Å². The molecule has 428 valence electrons. The molecule has 8 amide bonds. The summed E-state index contributed by atoms with van der Waals surface area (Å²) in [5.74, 6) is -0.605. The SMILES string of the molecule is C.CN1CC(=O)N2[C@@H](Cc3ccc(O)cc3)C(=O)N(Cc3cccc4[nH]ncc34)C[C@@H]2N1C(=O)NCc1ccccc1.Cc1ccc(C[C@H]2C(=O)N(Cc3ccc4cn[nH]c4c3)C[C@H]3N2C(=O)CN(C)N3C(=O)NCc2ccccc2)cc1. The first-order chi connectivity index (χ1) is 39.8. The Kier molecular flexibility index (Phi) is 16.8. The molecular formula is C62H68N14O7. The zero-order valence-electron chi connectivity index (χ0n) is 45.8. The monoisotopic (exact) mass is 1120 g/mol. The number of phenolic OH excluding ortho intramolecular Hbond substituents is 1. The summed E-state index contributed by atoms with van der Waals surface area (Å²) < 4.78 is 0. The molecule has 0 saturated carbocycles. The lowest BCUT2D eigenvalue weighted by atomic mass is 9.97. The number of amides is 8. The maximum atomic E-state index is 14.1. The summed E-state index contributed by atoms with van der Waals surface area (Å²) >= 11 is 0. The molecule has 6 heterocycles. The number of phenols is 1. The maximum Gasteiger partial charge on any atom is 0.334 e. The first-order valence-electron chi connectivity index (χ1n) is 27.3. The van der Waals surface area contributed by atoms with Gasteiger partial charge in [0, 0.05) is 63.9 Å². The predicted octanol–water partition coefficient (Wildman–Crippen LogP) is 6.14. The third kappa shape index (κ3) is 12.2. The minimum absolute atomic E-state index is 0. The van der Waals surface area contributed by atoms with Crippen LogP contribution in [0.2, 0.25) is 0 Å². The third-order valence-electron chi connectivity index (χ3n) is 15.6. The summed E-state index contributed by atoms with van der Waals surface area (Å²) in [5.41, 5.74) is 8.40. The van der Waals surface area contributed by atoms with Crippen LogP contribution in [0.1, 0.15) is 46.4 Å². The molecule has 8 aromatic rings. The lowest BCUT2D eigenvalue weighted by molar-refractivity contribution is -0.187. The van der Waals surface area contributed by atoms with Crippen LogP contribution in [0.3, 0.4) is 0 Å². The van der Waals surface area contributed by atoms with E-state index < -0.39 is 24.4 Å². The average Bonchev–Trinajstić information content (AvgIpc) is 4.28. The molecule has 4 saturated heterocycles. The zero-order chi connectivity index (χ0) is 57.0.